The van der Waals surface area contributed by atoms with Gasteiger partial charge in [-0.2, -0.15) is 0 Å². The third kappa shape index (κ3) is 3.06. The zero-order valence-electron chi connectivity index (χ0n) is 16.6. The molecule has 4 heteroatoms. The summed E-state index contributed by atoms with van der Waals surface area (Å²) < 4.78 is 16.5. The van der Waals surface area contributed by atoms with Crippen molar-refractivity contribution >= 4 is 0 Å². The number of methoxy groups -OCH3 is 3. The predicted octanol–water partition coefficient (Wildman–Crippen LogP) is 4.41. The van der Waals surface area contributed by atoms with Crippen LogP contribution in [0.1, 0.15) is 51.0 Å². The molecular weight excluding hydrogens is 326 g/mol. The summed E-state index contributed by atoms with van der Waals surface area (Å²) in [6.07, 6.45) is 8.77. The van der Waals surface area contributed by atoms with Crippen molar-refractivity contribution in [3.05, 3.63) is 17.7 Å². The molecule has 26 heavy (non-hydrogen) atoms. The van der Waals surface area contributed by atoms with Gasteiger partial charge in [0.1, 0.15) is 5.75 Å². The van der Waals surface area contributed by atoms with E-state index in [-0.39, 0.29) is 0 Å². The molecule has 0 unspecified atom stereocenters. The van der Waals surface area contributed by atoms with Crippen LogP contribution in [0.15, 0.2) is 12.1 Å². The van der Waals surface area contributed by atoms with E-state index in [1.54, 1.807) is 21.3 Å². The predicted molar refractivity (Wildman–Crippen MR) is 103 cm³/mol. The second kappa shape index (κ2) is 6.95. The van der Waals surface area contributed by atoms with Crippen LogP contribution in [0.25, 0.3) is 0 Å². The number of hydrogen-bond donors (Lipinski definition) is 1. The number of nitrogens with one attached hydrogen (secondary N) is 1. The van der Waals surface area contributed by atoms with Crippen molar-refractivity contribution in [2.45, 2.75) is 58.0 Å². The average Bonchev–Trinajstić information content (AvgIpc) is 2.64. The van der Waals surface area contributed by atoms with Crippen molar-refractivity contribution < 1.29 is 14.2 Å². The Bertz CT molecular complexity index is 622. The van der Waals surface area contributed by atoms with Crippen molar-refractivity contribution in [3.8, 4) is 17.2 Å². The summed E-state index contributed by atoms with van der Waals surface area (Å²) in [7, 11) is 5.05. The smallest absolute Gasteiger partial charge is 0.164 e. The van der Waals surface area contributed by atoms with Gasteiger partial charge in [-0.1, -0.05) is 0 Å². The van der Waals surface area contributed by atoms with Gasteiger partial charge in [0.2, 0.25) is 0 Å². The van der Waals surface area contributed by atoms with Crippen molar-refractivity contribution in [1.29, 1.82) is 0 Å². The molecule has 4 saturated carbocycles. The maximum absolute atomic E-state index is 5.59. The lowest BCUT2D eigenvalue weighted by atomic mass is 9.48. The standard InChI is InChI=1S/C22H33NO3/c1-14(22-10-15-5-16(11-22)7-17(6-15)12-22)23-13-18-8-20(25-3)21(26-4)9-19(18)24-2/h8-9,14-17,23H,5-7,10-13H2,1-4H3/t14-,15?,16?,17?,22?/m1/s1. The molecule has 0 aromatic heterocycles. The van der Waals surface area contributed by atoms with Crippen LogP contribution < -0.4 is 19.5 Å². The van der Waals surface area contributed by atoms with Crippen molar-refractivity contribution in [1.82, 2.24) is 5.32 Å². The van der Waals surface area contributed by atoms with E-state index in [1.807, 2.05) is 12.1 Å². The average molecular weight is 360 g/mol. The van der Waals surface area contributed by atoms with Crippen LogP contribution >= 0.6 is 0 Å². The van der Waals surface area contributed by atoms with E-state index in [1.165, 1.54) is 38.5 Å². The largest absolute Gasteiger partial charge is 0.496 e. The Morgan fingerprint density at radius 3 is 1.88 bits per heavy atom. The van der Waals surface area contributed by atoms with Gasteiger partial charge in [0.25, 0.3) is 0 Å². The zero-order valence-corrected chi connectivity index (χ0v) is 16.6. The molecule has 4 aliphatic rings. The summed E-state index contributed by atoms with van der Waals surface area (Å²) in [4.78, 5) is 0. The van der Waals surface area contributed by atoms with Gasteiger partial charge in [-0.25, -0.2) is 0 Å². The second-order valence-corrected chi connectivity index (χ2v) is 8.90. The van der Waals surface area contributed by atoms with Gasteiger partial charge in [0.05, 0.1) is 21.3 Å². The molecule has 4 fully saturated rings. The first-order valence-corrected chi connectivity index (χ1v) is 10.1. The lowest BCUT2D eigenvalue weighted by Crippen LogP contribution is -2.54. The SMILES string of the molecule is COc1cc(OC)c(OC)cc1CN[C@H](C)C12CC3CC(CC(C3)C1)C2. The minimum Gasteiger partial charge on any atom is -0.496 e. The van der Waals surface area contributed by atoms with Gasteiger partial charge in [-0.15, -0.1) is 0 Å². The number of hydrogen-bond acceptors (Lipinski definition) is 4. The van der Waals surface area contributed by atoms with Crippen LogP contribution in [-0.4, -0.2) is 27.4 Å². The number of rotatable bonds is 7. The van der Waals surface area contributed by atoms with Gasteiger partial charge in [0, 0.05) is 24.2 Å². The second-order valence-electron chi connectivity index (χ2n) is 8.90. The molecule has 144 valence electrons. The normalized spacial score (nSPS) is 33.2. The zero-order chi connectivity index (χ0) is 18.3. The maximum Gasteiger partial charge on any atom is 0.164 e. The molecular formula is C22H33NO3. The molecule has 4 nitrogen and oxygen atoms in total. The van der Waals surface area contributed by atoms with Crippen LogP contribution in [0.3, 0.4) is 0 Å². The van der Waals surface area contributed by atoms with Crippen LogP contribution in [0, 0.1) is 23.2 Å². The maximum atomic E-state index is 5.59. The third-order valence-electron chi connectivity index (χ3n) is 7.39. The summed E-state index contributed by atoms with van der Waals surface area (Å²) in [6.45, 7) is 3.20. The summed E-state index contributed by atoms with van der Waals surface area (Å²) in [5, 5.41) is 3.84. The van der Waals surface area contributed by atoms with Crippen LogP contribution in [0.2, 0.25) is 0 Å². The fraction of sp³-hybridized carbons (Fsp3) is 0.727. The number of ether oxygens (including phenoxy) is 3. The molecule has 1 N–H and O–H groups in total. The lowest BCUT2D eigenvalue weighted by molar-refractivity contribution is -0.0706. The van der Waals surface area contributed by atoms with Crippen molar-refractivity contribution in [2.75, 3.05) is 21.3 Å². The summed E-state index contributed by atoms with van der Waals surface area (Å²) in [6, 6.07) is 4.50. The fourth-order valence-electron chi connectivity index (χ4n) is 6.42. The third-order valence-corrected chi connectivity index (χ3v) is 7.39. The first-order chi connectivity index (χ1) is 12.6. The Morgan fingerprint density at radius 2 is 1.38 bits per heavy atom. The van der Waals surface area contributed by atoms with Crippen molar-refractivity contribution in [2.24, 2.45) is 23.2 Å². The molecule has 4 bridgehead atoms. The molecule has 4 aliphatic carbocycles. The molecule has 0 saturated heterocycles. The Balaban J connectivity index is 1.48. The topological polar surface area (TPSA) is 39.7 Å². The van der Waals surface area contributed by atoms with Gasteiger partial charge in [0.15, 0.2) is 11.5 Å². The monoisotopic (exact) mass is 359 g/mol. The van der Waals surface area contributed by atoms with Gasteiger partial charge in [-0.3, -0.25) is 0 Å². The van der Waals surface area contributed by atoms with E-state index < -0.39 is 0 Å². The van der Waals surface area contributed by atoms with E-state index in [4.69, 9.17) is 14.2 Å². The highest BCUT2D eigenvalue weighted by Gasteiger charge is 2.52. The summed E-state index contributed by atoms with van der Waals surface area (Å²) >= 11 is 0. The molecule has 0 aliphatic heterocycles. The van der Waals surface area contributed by atoms with E-state index in [2.05, 4.69) is 12.2 Å². The molecule has 5 rings (SSSR count). The van der Waals surface area contributed by atoms with Crippen LogP contribution in [0.4, 0.5) is 0 Å². The highest BCUT2D eigenvalue weighted by molar-refractivity contribution is 5.50. The van der Waals surface area contributed by atoms with Gasteiger partial charge >= 0.3 is 0 Å². The van der Waals surface area contributed by atoms with Crippen molar-refractivity contribution in [3.63, 3.8) is 0 Å². The van der Waals surface area contributed by atoms with Crippen LogP contribution in [-0.2, 0) is 6.54 Å². The van der Waals surface area contributed by atoms with E-state index in [9.17, 15) is 0 Å². The van der Waals surface area contributed by atoms with Gasteiger partial charge in [-0.05, 0) is 74.7 Å². The molecule has 1 aromatic rings. The lowest BCUT2D eigenvalue weighted by Gasteiger charge is -2.59. The highest BCUT2D eigenvalue weighted by atomic mass is 16.5. The molecule has 0 heterocycles. The Kier molecular flexibility index (Phi) is 4.81. The minimum absolute atomic E-state index is 0.512. The Labute approximate surface area is 157 Å². The highest BCUT2D eigenvalue weighted by Crippen LogP contribution is 2.61. The molecule has 0 amide bonds. The molecule has 1 atom stereocenters. The number of benzene rings is 1. The summed E-state index contributed by atoms with van der Waals surface area (Å²) in [5.41, 5.74) is 1.64. The molecule has 0 radical (unpaired) electrons. The minimum atomic E-state index is 0.512. The Hall–Kier alpha value is -1.42. The van der Waals surface area contributed by atoms with E-state index >= 15 is 0 Å². The molecule has 0 spiro atoms. The summed E-state index contributed by atoms with van der Waals surface area (Å²) in [5.74, 6) is 5.28. The van der Waals surface area contributed by atoms with E-state index in [0.717, 1.165) is 41.4 Å². The fourth-order valence-corrected chi connectivity index (χ4v) is 6.42. The van der Waals surface area contributed by atoms with E-state index in [0.29, 0.717) is 17.2 Å². The first kappa shape index (κ1) is 18.0. The first-order valence-electron chi connectivity index (χ1n) is 10.1. The Morgan fingerprint density at radius 1 is 0.885 bits per heavy atom. The quantitative estimate of drug-likeness (QED) is 0.783. The van der Waals surface area contributed by atoms with Crippen LogP contribution in [0.5, 0.6) is 17.2 Å². The van der Waals surface area contributed by atoms with Gasteiger partial charge < -0.3 is 19.5 Å². The molecule has 1 aromatic carbocycles.